The number of carboxylic acid groups (broad SMARTS) is 1. The topological polar surface area (TPSA) is 66.4 Å². The molecule has 0 saturated carbocycles. The molecule has 2 N–H and O–H groups in total. The van der Waals surface area contributed by atoms with Crippen molar-refractivity contribution in [2.24, 2.45) is 0 Å². The lowest BCUT2D eigenvalue weighted by Gasteiger charge is -2.16. The Morgan fingerprint density at radius 1 is 1.38 bits per heavy atom. The second-order valence-corrected chi connectivity index (χ2v) is 4.13. The number of hydrogen-bond acceptors (Lipinski definition) is 2. The van der Waals surface area contributed by atoms with Crippen LogP contribution in [0.15, 0.2) is 28.7 Å². The van der Waals surface area contributed by atoms with Crippen molar-refractivity contribution in [3.63, 3.8) is 0 Å². The van der Waals surface area contributed by atoms with E-state index in [1.165, 1.54) is 0 Å². The zero-order chi connectivity index (χ0) is 12.1. The van der Waals surface area contributed by atoms with Crippen LogP contribution in [0.4, 0.5) is 4.79 Å². The summed E-state index contributed by atoms with van der Waals surface area (Å²) in [6, 6.07) is 6.39. The van der Waals surface area contributed by atoms with Gasteiger partial charge in [-0.05, 0) is 17.7 Å². The number of amides is 1. The van der Waals surface area contributed by atoms with E-state index in [0.29, 0.717) is 5.56 Å². The summed E-state index contributed by atoms with van der Waals surface area (Å²) in [4.78, 5) is 21.4. The lowest BCUT2D eigenvalue weighted by atomic mass is 10.0. The van der Waals surface area contributed by atoms with E-state index in [1.807, 2.05) is 0 Å². The van der Waals surface area contributed by atoms with Gasteiger partial charge in [0.15, 0.2) is 5.81 Å². The Balaban J connectivity index is 2.86. The van der Waals surface area contributed by atoms with Gasteiger partial charge in [0, 0.05) is 4.47 Å². The number of benzene rings is 1. The number of carbonyl (C=O) groups is 2. The minimum absolute atomic E-state index is 0.204. The molecule has 2 radical (unpaired) electrons. The smallest absolute Gasteiger partial charge is 0.305 e. The molecule has 0 bridgehead atoms. The molecule has 0 saturated heterocycles. The van der Waals surface area contributed by atoms with Gasteiger partial charge in [0.05, 0.1) is 12.5 Å². The van der Waals surface area contributed by atoms with Crippen LogP contribution < -0.4 is 5.32 Å². The maximum absolute atomic E-state index is 10.7. The fraction of sp³-hybridized carbons (Fsp3) is 0.200. The first kappa shape index (κ1) is 12.8. The summed E-state index contributed by atoms with van der Waals surface area (Å²) >= 11 is 3.27. The van der Waals surface area contributed by atoms with Crippen LogP contribution in [-0.2, 0) is 4.79 Å². The lowest BCUT2D eigenvalue weighted by molar-refractivity contribution is -0.137. The Morgan fingerprint density at radius 3 is 2.38 bits per heavy atom. The minimum Gasteiger partial charge on any atom is -0.481 e. The van der Waals surface area contributed by atoms with Crippen LogP contribution in [0.3, 0.4) is 0 Å². The van der Waals surface area contributed by atoms with Crippen molar-refractivity contribution in [2.75, 3.05) is 0 Å². The van der Waals surface area contributed by atoms with E-state index in [9.17, 15) is 9.59 Å². The van der Waals surface area contributed by atoms with Crippen molar-refractivity contribution < 1.29 is 14.7 Å². The summed E-state index contributed by atoms with van der Waals surface area (Å²) in [5.41, 5.74) is 0.699. The highest BCUT2D eigenvalue weighted by molar-refractivity contribution is 9.10. The molecule has 4 nitrogen and oxygen atoms in total. The van der Waals surface area contributed by atoms with Crippen LogP contribution in [-0.4, -0.2) is 24.7 Å². The molecule has 1 aromatic rings. The molecule has 0 heterocycles. The first-order valence-corrected chi connectivity index (χ1v) is 5.31. The third-order valence-electron chi connectivity index (χ3n) is 1.97. The van der Waals surface area contributed by atoms with Crippen molar-refractivity contribution in [2.45, 2.75) is 12.5 Å². The fourth-order valence-corrected chi connectivity index (χ4v) is 1.56. The Hall–Kier alpha value is -1.30. The molecule has 1 rings (SSSR count). The van der Waals surface area contributed by atoms with Crippen molar-refractivity contribution in [1.29, 1.82) is 0 Å². The summed E-state index contributed by atoms with van der Waals surface area (Å²) in [6.07, 6.45) is -0.204. The lowest BCUT2D eigenvalue weighted by Crippen LogP contribution is -2.29. The Bertz CT molecular complexity index is 378. The number of carbonyl (C=O) groups excluding carboxylic acids is 1. The number of aliphatic carboxylic acids is 1. The molecule has 0 aliphatic carbocycles. The summed E-state index contributed by atoms with van der Waals surface area (Å²) in [7, 11) is 4.98. The standard InChI is InChI=1S/C10H9BBrNO3/c11-10(16)13-8(5-9(14)15)6-1-3-7(12)4-2-6/h1-4,8H,5H2,(H,13,16)(H,14,15). The van der Waals surface area contributed by atoms with Crippen LogP contribution in [0.2, 0.25) is 0 Å². The van der Waals surface area contributed by atoms with Gasteiger partial charge in [-0.1, -0.05) is 28.1 Å². The molecular formula is C10H9BBrNO3. The van der Waals surface area contributed by atoms with E-state index < -0.39 is 17.8 Å². The van der Waals surface area contributed by atoms with E-state index in [2.05, 4.69) is 21.2 Å². The Morgan fingerprint density at radius 2 is 1.94 bits per heavy atom. The molecule has 1 amide bonds. The average Bonchev–Trinajstić information content (AvgIpc) is 2.16. The van der Waals surface area contributed by atoms with Crippen LogP contribution in [0.1, 0.15) is 18.0 Å². The summed E-state index contributed by atoms with van der Waals surface area (Å²) < 4.78 is 0.879. The van der Waals surface area contributed by atoms with Crippen molar-refractivity contribution in [1.82, 2.24) is 5.32 Å². The summed E-state index contributed by atoms with van der Waals surface area (Å²) in [5, 5.41) is 11.1. The van der Waals surface area contributed by atoms with E-state index in [1.54, 1.807) is 24.3 Å². The SMILES string of the molecule is [B]C(=O)NC(CC(=O)O)c1ccc(Br)cc1. The zero-order valence-corrected chi connectivity index (χ0v) is 9.90. The number of halogens is 1. The van der Waals surface area contributed by atoms with Gasteiger partial charge in [-0.15, -0.1) is 0 Å². The molecular weight excluding hydrogens is 273 g/mol. The van der Waals surface area contributed by atoms with Gasteiger partial charge >= 0.3 is 5.97 Å². The van der Waals surface area contributed by atoms with E-state index in [-0.39, 0.29) is 6.42 Å². The van der Waals surface area contributed by atoms with Gasteiger partial charge in [-0.25, -0.2) is 0 Å². The fourth-order valence-electron chi connectivity index (χ4n) is 1.29. The molecule has 1 unspecified atom stereocenters. The zero-order valence-electron chi connectivity index (χ0n) is 8.31. The van der Waals surface area contributed by atoms with Crippen LogP contribution >= 0.6 is 15.9 Å². The van der Waals surface area contributed by atoms with Crippen LogP contribution in [0, 0.1) is 0 Å². The minimum atomic E-state index is -0.998. The second kappa shape index (κ2) is 5.70. The number of hydrogen-bond donors (Lipinski definition) is 2. The molecule has 0 spiro atoms. The number of nitrogens with one attached hydrogen (secondary N) is 1. The first-order chi connectivity index (χ1) is 7.49. The second-order valence-electron chi connectivity index (χ2n) is 3.21. The van der Waals surface area contributed by atoms with Gasteiger partial charge in [0.2, 0.25) is 7.85 Å². The largest absolute Gasteiger partial charge is 0.481 e. The van der Waals surface area contributed by atoms with E-state index in [0.717, 1.165) is 4.47 Å². The first-order valence-electron chi connectivity index (χ1n) is 4.52. The molecule has 0 fully saturated rings. The Labute approximate surface area is 103 Å². The molecule has 82 valence electrons. The molecule has 6 heteroatoms. The van der Waals surface area contributed by atoms with Gasteiger partial charge in [-0.2, -0.15) is 0 Å². The summed E-state index contributed by atoms with van der Waals surface area (Å²) in [6.45, 7) is 0. The molecule has 1 aromatic carbocycles. The van der Waals surface area contributed by atoms with Gasteiger partial charge in [0.1, 0.15) is 0 Å². The molecule has 1 atom stereocenters. The normalized spacial score (nSPS) is 11.8. The van der Waals surface area contributed by atoms with Gasteiger partial charge in [0.25, 0.3) is 0 Å². The highest BCUT2D eigenvalue weighted by Crippen LogP contribution is 2.19. The Kier molecular flexibility index (Phi) is 4.55. The molecule has 0 aliphatic rings. The van der Waals surface area contributed by atoms with Crippen LogP contribution in [0.5, 0.6) is 0 Å². The maximum Gasteiger partial charge on any atom is 0.305 e. The maximum atomic E-state index is 10.7. The van der Waals surface area contributed by atoms with Gasteiger partial charge < -0.3 is 10.4 Å². The highest BCUT2D eigenvalue weighted by Gasteiger charge is 2.15. The average molecular weight is 282 g/mol. The predicted octanol–water partition coefficient (Wildman–Crippen LogP) is 1.84. The van der Waals surface area contributed by atoms with E-state index in [4.69, 9.17) is 13.0 Å². The number of rotatable bonds is 4. The van der Waals surface area contributed by atoms with Gasteiger partial charge in [-0.3, -0.25) is 9.59 Å². The van der Waals surface area contributed by atoms with Crippen molar-refractivity contribution in [3.8, 4) is 0 Å². The highest BCUT2D eigenvalue weighted by atomic mass is 79.9. The monoisotopic (exact) mass is 281 g/mol. The third-order valence-corrected chi connectivity index (χ3v) is 2.50. The van der Waals surface area contributed by atoms with E-state index >= 15 is 0 Å². The van der Waals surface area contributed by atoms with Crippen molar-refractivity contribution in [3.05, 3.63) is 34.3 Å². The quantitative estimate of drug-likeness (QED) is 0.828. The third kappa shape index (κ3) is 4.06. The molecule has 0 aliphatic heterocycles. The predicted molar refractivity (Wildman–Crippen MR) is 63.4 cm³/mol. The molecule has 0 aromatic heterocycles. The van der Waals surface area contributed by atoms with Crippen LogP contribution in [0.25, 0.3) is 0 Å². The van der Waals surface area contributed by atoms with Crippen molar-refractivity contribution >= 4 is 35.6 Å². The summed E-state index contributed by atoms with van der Waals surface area (Å²) in [5.74, 6) is -1.74. The molecule has 16 heavy (non-hydrogen) atoms. The number of carboxylic acids is 1.